The molecule has 2 fully saturated rings. The first-order valence-corrected chi connectivity index (χ1v) is 30.9. The van der Waals surface area contributed by atoms with Gasteiger partial charge in [-0.1, -0.05) is 257 Å². The van der Waals surface area contributed by atoms with E-state index in [2.05, 4.69) is 19.2 Å². The molecule has 438 valence electrons. The number of rotatable bonds is 50. The number of nitrogens with one attached hydrogen (secondary N) is 1. The van der Waals surface area contributed by atoms with Crippen molar-refractivity contribution in [3.05, 3.63) is 12.2 Å². The van der Waals surface area contributed by atoms with Crippen molar-refractivity contribution in [2.24, 2.45) is 0 Å². The summed E-state index contributed by atoms with van der Waals surface area (Å²) in [6.07, 6.45) is 36.8. The summed E-state index contributed by atoms with van der Waals surface area (Å²) >= 11 is 0. The predicted molar refractivity (Wildman–Crippen MR) is 295 cm³/mol. The topological polar surface area (TPSA) is 228 Å². The lowest BCUT2D eigenvalue weighted by atomic mass is 9.97. The maximum Gasteiger partial charge on any atom is 0.220 e. The van der Waals surface area contributed by atoms with Crippen molar-refractivity contribution >= 4 is 5.91 Å². The molecule has 0 saturated carbocycles. The molecule has 1 amide bonds. The smallest absolute Gasteiger partial charge is 0.220 e. The lowest BCUT2D eigenvalue weighted by molar-refractivity contribution is -0.359. The molecular weight excluding hydrogens is 943 g/mol. The molecule has 2 saturated heterocycles. The van der Waals surface area contributed by atoms with Crippen LogP contribution in [-0.2, 0) is 23.7 Å². The molecule has 2 heterocycles. The molecule has 14 heteroatoms. The molecule has 9 N–H and O–H groups in total. The summed E-state index contributed by atoms with van der Waals surface area (Å²) in [5, 5.41) is 87.2. The zero-order valence-electron chi connectivity index (χ0n) is 47.1. The highest BCUT2D eigenvalue weighted by Crippen LogP contribution is 2.30. The van der Waals surface area contributed by atoms with Crippen LogP contribution in [0.3, 0.4) is 0 Å². The van der Waals surface area contributed by atoms with Gasteiger partial charge in [-0.15, -0.1) is 0 Å². The van der Waals surface area contributed by atoms with Crippen LogP contribution in [0.5, 0.6) is 0 Å². The van der Waals surface area contributed by atoms with E-state index in [0.717, 1.165) is 38.5 Å². The van der Waals surface area contributed by atoms with Crippen LogP contribution < -0.4 is 5.32 Å². The number of unbranched alkanes of at least 4 members (excludes halogenated alkanes) is 37. The van der Waals surface area contributed by atoms with E-state index < -0.39 is 86.8 Å². The van der Waals surface area contributed by atoms with Crippen molar-refractivity contribution in [2.45, 2.75) is 344 Å². The van der Waals surface area contributed by atoms with Crippen LogP contribution in [0.1, 0.15) is 271 Å². The zero-order chi connectivity index (χ0) is 53.9. The van der Waals surface area contributed by atoms with Crippen LogP contribution in [0.4, 0.5) is 0 Å². The van der Waals surface area contributed by atoms with E-state index in [4.69, 9.17) is 18.9 Å². The van der Waals surface area contributed by atoms with E-state index in [9.17, 15) is 45.6 Å². The number of hydrogen-bond acceptors (Lipinski definition) is 13. The average Bonchev–Trinajstić information content (AvgIpc) is 3.40. The fraction of sp³-hybridized carbons (Fsp3) is 0.950. The van der Waals surface area contributed by atoms with E-state index in [0.29, 0.717) is 6.42 Å². The van der Waals surface area contributed by atoms with Gasteiger partial charge in [0.25, 0.3) is 0 Å². The zero-order valence-corrected chi connectivity index (χ0v) is 47.1. The lowest BCUT2D eigenvalue weighted by Crippen LogP contribution is -2.65. The number of carbonyl (C=O) groups is 1. The Morgan fingerprint density at radius 3 is 1.24 bits per heavy atom. The van der Waals surface area contributed by atoms with Gasteiger partial charge in [0.05, 0.1) is 32.0 Å². The molecule has 12 unspecified atom stereocenters. The second-order valence-corrected chi connectivity index (χ2v) is 22.2. The number of amides is 1. The average molecular weight is 1060 g/mol. The Balaban J connectivity index is 1.75. The molecule has 0 aliphatic carbocycles. The lowest BCUT2D eigenvalue weighted by Gasteiger charge is -2.46. The first kappa shape index (κ1) is 68.8. The van der Waals surface area contributed by atoms with Crippen molar-refractivity contribution in [3.8, 4) is 0 Å². The standard InChI is InChI=1S/C60H115NO13/c1-3-5-7-9-11-13-15-17-19-21-22-23-24-25-26-28-29-31-33-35-37-39-41-43-49(64)48(61-52(65)44-42-40-38-36-34-32-30-27-20-18-16-14-12-10-8-6-4-2)47-71-59-57(70)55(68)58(51(46-63)73-59)74-60-56(69)54(67)53(66)50(45-62)72-60/h41,43,48-51,53-60,62-64,66-70H,3-40,42,44-47H2,1-2H3,(H,61,65)/b43-41+. The molecule has 0 bridgehead atoms. The second kappa shape index (κ2) is 46.6. The Hall–Kier alpha value is -1.27. The Bertz CT molecular complexity index is 1290. The first-order valence-electron chi connectivity index (χ1n) is 30.9. The summed E-state index contributed by atoms with van der Waals surface area (Å²) < 4.78 is 22.8. The predicted octanol–water partition coefficient (Wildman–Crippen LogP) is 10.7. The van der Waals surface area contributed by atoms with Crippen molar-refractivity contribution in [3.63, 3.8) is 0 Å². The summed E-state index contributed by atoms with van der Waals surface area (Å²) in [5.41, 5.74) is 0. The van der Waals surface area contributed by atoms with Gasteiger partial charge in [-0.25, -0.2) is 0 Å². The maximum absolute atomic E-state index is 13.3. The van der Waals surface area contributed by atoms with Gasteiger partial charge in [0, 0.05) is 6.42 Å². The number of ether oxygens (including phenoxy) is 4. The summed E-state index contributed by atoms with van der Waals surface area (Å²) in [7, 11) is 0. The fourth-order valence-corrected chi connectivity index (χ4v) is 10.5. The minimum absolute atomic E-state index is 0.234. The van der Waals surface area contributed by atoms with E-state index in [1.807, 2.05) is 6.08 Å². The van der Waals surface area contributed by atoms with E-state index in [1.165, 1.54) is 205 Å². The van der Waals surface area contributed by atoms with Gasteiger partial charge < -0.3 is 65.1 Å². The van der Waals surface area contributed by atoms with E-state index in [-0.39, 0.29) is 18.9 Å². The van der Waals surface area contributed by atoms with Crippen LogP contribution in [0.15, 0.2) is 12.2 Å². The third-order valence-corrected chi connectivity index (χ3v) is 15.5. The molecular formula is C60H115NO13. The molecule has 0 radical (unpaired) electrons. The van der Waals surface area contributed by atoms with Crippen LogP contribution in [0.25, 0.3) is 0 Å². The van der Waals surface area contributed by atoms with Gasteiger partial charge in [-0.3, -0.25) is 4.79 Å². The van der Waals surface area contributed by atoms with Crippen molar-refractivity contribution in [1.82, 2.24) is 5.32 Å². The Labute approximate surface area is 450 Å². The quantitative estimate of drug-likeness (QED) is 0.0204. The number of allylic oxidation sites excluding steroid dienone is 1. The highest BCUT2D eigenvalue weighted by Gasteiger charge is 2.51. The van der Waals surface area contributed by atoms with Crippen LogP contribution >= 0.6 is 0 Å². The van der Waals surface area contributed by atoms with Crippen LogP contribution in [-0.4, -0.2) is 140 Å². The summed E-state index contributed by atoms with van der Waals surface area (Å²) in [6, 6.07) is -0.909. The molecule has 74 heavy (non-hydrogen) atoms. The number of aliphatic hydroxyl groups excluding tert-OH is 8. The van der Waals surface area contributed by atoms with Gasteiger partial charge in [-0.05, 0) is 19.3 Å². The SMILES string of the molecule is CCCCCCCCCCCCCCCCCCCCCCC/C=C/C(O)C(COC1OC(CO)C(OC2OC(CO)C(O)C(O)C2O)C(O)C1O)NC(=O)CCCCCCCCCCCCCCCCCCC. The van der Waals surface area contributed by atoms with Gasteiger partial charge in [0.2, 0.25) is 5.91 Å². The Kier molecular flexibility index (Phi) is 43.4. The van der Waals surface area contributed by atoms with Crippen LogP contribution in [0.2, 0.25) is 0 Å². The van der Waals surface area contributed by atoms with Crippen molar-refractivity contribution in [1.29, 1.82) is 0 Å². The fourth-order valence-electron chi connectivity index (χ4n) is 10.5. The molecule has 12 atom stereocenters. The highest BCUT2D eigenvalue weighted by molar-refractivity contribution is 5.76. The molecule has 0 aromatic rings. The Morgan fingerprint density at radius 1 is 0.473 bits per heavy atom. The third-order valence-electron chi connectivity index (χ3n) is 15.5. The number of carbonyl (C=O) groups excluding carboxylic acids is 1. The Morgan fingerprint density at radius 2 is 0.838 bits per heavy atom. The third kappa shape index (κ3) is 32.0. The highest BCUT2D eigenvalue weighted by atomic mass is 16.7. The van der Waals surface area contributed by atoms with Gasteiger partial charge in [0.15, 0.2) is 12.6 Å². The molecule has 14 nitrogen and oxygen atoms in total. The molecule has 0 aromatic heterocycles. The van der Waals surface area contributed by atoms with Gasteiger partial charge in [0.1, 0.15) is 48.8 Å². The number of hydrogen-bond donors (Lipinski definition) is 9. The molecule has 2 aliphatic rings. The van der Waals surface area contributed by atoms with Crippen LogP contribution in [0, 0.1) is 0 Å². The van der Waals surface area contributed by atoms with Gasteiger partial charge >= 0.3 is 0 Å². The largest absolute Gasteiger partial charge is 0.394 e. The molecule has 0 aromatic carbocycles. The summed E-state index contributed by atoms with van der Waals surface area (Å²) in [4.78, 5) is 13.3. The first-order chi connectivity index (χ1) is 36.1. The monoisotopic (exact) mass is 1060 g/mol. The van der Waals surface area contributed by atoms with Crippen molar-refractivity contribution < 1.29 is 64.6 Å². The summed E-state index contributed by atoms with van der Waals surface area (Å²) in [5.74, 6) is -0.234. The minimum atomic E-state index is -1.79. The van der Waals surface area contributed by atoms with E-state index >= 15 is 0 Å². The van der Waals surface area contributed by atoms with Crippen molar-refractivity contribution in [2.75, 3.05) is 19.8 Å². The maximum atomic E-state index is 13.3. The normalized spacial score (nSPS) is 25.2. The molecule has 2 rings (SSSR count). The minimum Gasteiger partial charge on any atom is -0.394 e. The van der Waals surface area contributed by atoms with E-state index in [1.54, 1.807) is 6.08 Å². The number of aliphatic hydroxyl groups is 8. The van der Waals surface area contributed by atoms with Gasteiger partial charge in [-0.2, -0.15) is 0 Å². The summed E-state index contributed by atoms with van der Waals surface area (Å²) in [6.45, 7) is 2.84. The molecule has 2 aliphatic heterocycles. The molecule has 0 spiro atoms. The second-order valence-electron chi connectivity index (χ2n) is 22.2.